The molecule has 2 aliphatic heterocycles. The molecule has 6 heteroatoms. The van der Waals surface area contributed by atoms with Gasteiger partial charge in [0.1, 0.15) is 11.5 Å². The molecule has 2 aliphatic rings. The maximum Gasteiger partial charge on any atom is 0.410 e. The number of carboxylic acid groups (broad SMARTS) is 1. The minimum Gasteiger partial charge on any atom is -0.465 e. The Kier molecular flexibility index (Phi) is 3.75. The largest absolute Gasteiger partial charge is 0.465 e. The summed E-state index contributed by atoms with van der Waals surface area (Å²) in [4.78, 5) is 18.2. The van der Waals surface area contributed by atoms with Crippen LogP contribution in [0.2, 0.25) is 0 Å². The average molecular weight is 330 g/mol. The quantitative estimate of drug-likeness (QED) is 0.742. The van der Waals surface area contributed by atoms with Crippen molar-refractivity contribution in [3.8, 4) is 11.8 Å². The average Bonchev–Trinajstić information content (AvgIpc) is 3.02. The summed E-state index contributed by atoms with van der Waals surface area (Å²) in [5.74, 6) is 5.55. The van der Waals surface area contributed by atoms with Crippen molar-refractivity contribution in [3.05, 3.63) is 35.6 Å². The minimum atomic E-state index is -1.03. The highest BCUT2D eigenvalue weighted by Gasteiger charge is 2.63. The van der Waals surface area contributed by atoms with Crippen molar-refractivity contribution < 1.29 is 19.1 Å². The molecule has 5 nitrogen and oxygen atoms in total. The molecule has 1 aromatic carbocycles. The fourth-order valence-electron chi connectivity index (χ4n) is 3.50. The predicted octanol–water partition coefficient (Wildman–Crippen LogP) is 3.31. The highest BCUT2D eigenvalue weighted by Crippen LogP contribution is 2.54. The standard InChI is InChI=1S/C18H19FN2O3/c1-17(2,3)18-9-10-21(16(22)23)15(18)24-20-14(18)8-7-12-5-4-6-13(19)11-12/h4-6,11,15H,9-10H2,1-3H3,(H,22,23). The Morgan fingerprint density at radius 2 is 2.21 bits per heavy atom. The first-order chi connectivity index (χ1) is 11.3. The third-order valence-electron chi connectivity index (χ3n) is 4.85. The zero-order chi connectivity index (χ0) is 17.5. The molecular weight excluding hydrogens is 311 g/mol. The van der Waals surface area contributed by atoms with E-state index in [1.807, 2.05) is 20.8 Å². The summed E-state index contributed by atoms with van der Waals surface area (Å²) in [7, 11) is 0. The molecule has 0 aromatic heterocycles. The number of rotatable bonds is 0. The number of amides is 1. The molecule has 126 valence electrons. The van der Waals surface area contributed by atoms with Crippen molar-refractivity contribution in [2.75, 3.05) is 6.54 Å². The number of benzene rings is 1. The van der Waals surface area contributed by atoms with Crippen LogP contribution < -0.4 is 0 Å². The third-order valence-corrected chi connectivity index (χ3v) is 4.85. The van der Waals surface area contributed by atoms with Crippen LogP contribution in [0.25, 0.3) is 0 Å². The lowest BCUT2D eigenvalue weighted by atomic mass is 9.62. The van der Waals surface area contributed by atoms with Crippen LogP contribution in [0.5, 0.6) is 0 Å². The van der Waals surface area contributed by atoms with Gasteiger partial charge < -0.3 is 9.94 Å². The Morgan fingerprint density at radius 3 is 2.83 bits per heavy atom. The molecule has 1 amide bonds. The second-order valence-electron chi connectivity index (χ2n) is 7.11. The van der Waals surface area contributed by atoms with Crippen LogP contribution >= 0.6 is 0 Å². The molecular formula is C18H19FN2O3. The molecule has 2 unspecified atom stereocenters. The number of nitrogens with zero attached hydrogens (tertiary/aromatic N) is 2. The maximum atomic E-state index is 13.3. The van der Waals surface area contributed by atoms with E-state index < -0.39 is 17.7 Å². The van der Waals surface area contributed by atoms with Crippen molar-refractivity contribution in [3.63, 3.8) is 0 Å². The number of carbonyl (C=O) groups is 1. The molecule has 0 radical (unpaired) electrons. The zero-order valence-corrected chi connectivity index (χ0v) is 13.8. The van der Waals surface area contributed by atoms with E-state index in [1.165, 1.54) is 17.0 Å². The van der Waals surface area contributed by atoms with Crippen molar-refractivity contribution in [2.45, 2.75) is 33.4 Å². The Balaban J connectivity index is 1.99. The van der Waals surface area contributed by atoms with Gasteiger partial charge in [-0.25, -0.2) is 9.18 Å². The van der Waals surface area contributed by atoms with Gasteiger partial charge in [-0.2, -0.15) is 0 Å². The summed E-state index contributed by atoms with van der Waals surface area (Å²) < 4.78 is 13.3. The number of hydrogen-bond acceptors (Lipinski definition) is 3. The maximum absolute atomic E-state index is 13.3. The molecule has 3 rings (SSSR count). The first-order valence-corrected chi connectivity index (χ1v) is 7.77. The van der Waals surface area contributed by atoms with Crippen molar-refractivity contribution >= 4 is 11.8 Å². The highest BCUT2D eigenvalue weighted by atomic mass is 19.1. The zero-order valence-electron chi connectivity index (χ0n) is 13.8. The summed E-state index contributed by atoms with van der Waals surface area (Å²) in [5, 5.41) is 13.5. The van der Waals surface area contributed by atoms with E-state index in [2.05, 4.69) is 17.0 Å². The number of halogens is 1. The second-order valence-corrected chi connectivity index (χ2v) is 7.11. The predicted molar refractivity (Wildman–Crippen MR) is 86.8 cm³/mol. The Bertz CT molecular complexity index is 772. The van der Waals surface area contributed by atoms with Gasteiger partial charge in [0.05, 0.1) is 5.41 Å². The molecule has 0 aliphatic carbocycles. The number of fused-ring (bicyclic) bond motifs is 1. The van der Waals surface area contributed by atoms with E-state index >= 15 is 0 Å². The van der Waals surface area contributed by atoms with Crippen molar-refractivity contribution in [1.82, 2.24) is 4.90 Å². The molecule has 1 saturated heterocycles. The SMILES string of the molecule is CC(C)(C)C12CCN(C(=O)O)C1ON=C2C#Cc1cccc(F)c1. The van der Waals surface area contributed by atoms with Crippen LogP contribution in [0.4, 0.5) is 9.18 Å². The fraction of sp³-hybridized carbons (Fsp3) is 0.444. The van der Waals surface area contributed by atoms with E-state index in [4.69, 9.17) is 4.84 Å². The second kappa shape index (κ2) is 5.52. The number of hydrogen-bond donors (Lipinski definition) is 1. The Hall–Kier alpha value is -2.55. The van der Waals surface area contributed by atoms with Crippen LogP contribution in [0.3, 0.4) is 0 Å². The van der Waals surface area contributed by atoms with E-state index in [-0.39, 0.29) is 11.2 Å². The molecule has 2 atom stereocenters. The molecule has 24 heavy (non-hydrogen) atoms. The van der Waals surface area contributed by atoms with Crippen LogP contribution in [0.15, 0.2) is 29.4 Å². The lowest BCUT2D eigenvalue weighted by molar-refractivity contribution is -0.0678. The highest BCUT2D eigenvalue weighted by molar-refractivity contribution is 6.07. The number of oxime groups is 1. The van der Waals surface area contributed by atoms with Gasteiger partial charge in [0.2, 0.25) is 6.23 Å². The first kappa shape index (κ1) is 16.3. The van der Waals surface area contributed by atoms with E-state index in [9.17, 15) is 14.3 Å². The molecule has 1 aromatic rings. The van der Waals surface area contributed by atoms with Crippen molar-refractivity contribution in [2.24, 2.45) is 16.0 Å². The Labute approximate surface area is 140 Å². The van der Waals surface area contributed by atoms with Crippen LogP contribution in [0.1, 0.15) is 32.8 Å². The summed E-state index contributed by atoms with van der Waals surface area (Å²) in [5.41, 5.74) is 0.158. The van der Waals surface area contributed by atoms with Gasteiger partial charge in [0, 0.05) is 12.1 Å². The fourth-order valence-corrected chi connectivity index (χ4v) is 3.50. The molecule has 2 heterocycles. The summed E-state index contributed by atoms with van der Waals surface area (Å²) in [6.45, 7) is 6.45. The van der Waals surface area contributed by atoms with Crippen LogP contribution in [-0.4, -0.2) is 34.6 Å². The lowest BCUT2D eigenvalue weighted by Gasteiger charge is -2.39. The Morgan fingerprint density at radius 1 is 1.46 bits per heavy atom. The summed E-state index contributed by atoms with van der Waals surface area (Å²) >= 11 is 0. The van der Waals surface area contributed by atoms with Gasteiger partial charge in [-0.1, -0.05) is 37.9 Å². The molecule has 0 spiro atoms. The molecule has 1 N–H and O–H groups in total. The van der Waals surface area contributed by atoms with Gasteiger partial charge in [-0.3, -0.25) is 4.90 Å². The van der Waals surface area contributed by atoms with E-state index in [0.717, 1.165) is 0 Å². The molecule has 0 bridgehead atoms. The monoisotopic (exact) mass is 330 g/mol. The first-order valence-electron chi connectivity index (χ1n) is 7.77. The molecule has 1 fully saturated rings. The molecule has 0 saturated carbocycles. The minimum absolute atomic E-state index is 0.298. The third kappa shape index (κ3) is 2.41. The van der Waals surface area contributed by atoms with Gasteiger partial charge in [0.15, 0.2) is 0 Å². The topological polar surface area (TPSA) is 62.1 Å². The van der Waals surface area contributed by atoms with Crippen LogP contribution in [0, 0.1) is 28.5 Å². The normalized spacial score (nSPS) is 25.4. The van der Waals surface area contributed by atoms with Gasteiger partial charge in [-0.05, 0) is 36.0 Å². The summed E-state index contributed by atoms with van der Waals surface area (Å²) in [6.07, 6.45) is -1.11. The van der Waals surface area contributed by atoms with Crippen molar-refractivity contribution in [1.29, 1.82) is 0 Å². The number of likely N-dealkylation sites (tertiary alicyclic amines) is 1. The van der Waals surface area contributed by atoms with E-state index in [0.29, 0.717) is 24.2 Å². The van der Waals surface area contributed by atoms with E-state index in [1.54, 1.807) is 12.1 Å². The summed E-state index contributed by atoms with van der Waals surface area (Å²) in [6, 6.07) is 6.01. The lowest BCUT2D eigenvalue weighted by Crippen LogP contribution is -2.50. The van der Waals surface area contributed by atoms with Crippen LogP contribution in [-0.2, 0) is 4.84 Å². The van der Waals surface area contributed by atoms with Gasteiger partial charge in [0.25, 0.3) is 0 Å². The van der Waals surface area contributed by atoms with Gasteiger partial charge >= 0.3 is 6.09 Å². The van der Waals surface area contributed by atoms with Gasteiger partial charge in [-0.15, -0.1) is 0 Å². The smallest absolute Gasteiger partial charge is 0.410 e.